The van der Waals surface area contributed by atoms with Crippen molar-refractivity contribution in [2.45, 2.75) is 31.8 Å². The van der Waals surface area contributed by atoms with E-state index in [1.54, 1.807) is 6.33 Å². The van der Waals surface area contributed by atoms with Gasteiger partial charge in [0.1, 0.15) is 12.2 Å². The smallest absolute Gasteiger partial charge is 0.138 e. The predicted molar refractivity (Wildman–Crippen MR) is 51.8 cm³/mol. The summed E-state index contributed by atoms with van der Waals surface area (Å²) in [5, 5.41) is 4.15. The molecule has 0 spiro atoms. The van der Waals surface area contributed by atoms with Gasteiger partial charge in [0.15, 0.2) is 0 Å². The fourth-order valence-corrected chi connectivity index (χ4v) is 1.86. The Labute approximate surface area is 83.3 Å². The molecule has 2 atom stereocenters. The minimum atomic E-state index is -0.188. The Morgan fingerprint density at radius 1 is 1.79 bits per heavy atom. The summed E-state index contributed by atoms with van der Waals surface area (Å²) in [6.45, 7) is 6.18. The van der Waals surface area contributed by atoms with E-state index in [0.717, 1.165) is 12.4 Å². The maximum absolute atomic E-state index is 6.02. The molecule has 0 aromatic carbocycles. The first-order chi connectivity index (χ1) is 6.68. The standard InChI is InChI=1S/C9H16N4O/c1-3-13-8(11-6-12-13)9(2)5-14-4-7(9)10/h6-7H,3-5,10H2,1-2H3. The molecule has 2 unspecified atom stereocenters. The van der Waals surface area contributed by atoms with E-state index in [2.05, 4.69) is 17.0 Å². The summed E-state index contributed by atoms with van der Waals surface area (Å²) in [4.78, 5) is 4.28. The van der Waals surface area contributed by atoms with Crippen molar-refractivity contribution in [2.24, 2.45) is 5.73 Å². The molecule has 2 heterocycles. The van der Waals surface area contributed by atoms with Crippen LogP contribution in [-0.4, -0.2) is 34.0 Å². The molecule has 78 valence electrons. The minimum Gasteiger partial charge on any atom is -0.379 e. The van der Waals surface area contributed by atoms with Gasteiger partial charge in [-0.3, -0.25) is 0 Å². The number of aromatic nitrogens is 3. The molecule has 5 nitrogen and oxygen atoms in total. The maximum Gasteiger partial charge on any atom is 0.138 e. The molecule has 0 amide bonds. The number of ether oxygens (including phenoxy) is 1. The van der Waals surface area contributed by atoms with Crippen LogP contribution in [0.15, 0.2) is 6.33 Å². The van der Waals surface area contributed by atoms with E-state index >= 15 is 0 Å². The second kappa shape index (κ2) is 3.33. The number of hydrogen-bond donors (Lipinski definition) is 1. The topological polar surface area (TPSA) is 66.0 Å². The van der Waals surface area contributed by atoms with Crippen molar-refractivity contribution in [1.29, 1.82) is 0 Å². The largest absolute Gasteiger partial charge is 0.379 e. The van der Waals surface area contributed by atoms with E-state index in [1.807, 2.05) is 11.6 Å². The molecule has 0 saturated carbocycles. The van der Waals surface area contributed by atoms with Crippen LogP contribution < -0.4 is 5.73 Å². The van der Waals surface area contributed by atoms with Gasteiger partial charge in [-0.1, -0.05) is 0 Å². The van der Waals surface area contributed by atoms with Gasteiger partial charge in [0, 0.05) is 12.6 Å². The Bertz CT molecular complexity index is 324. The highest BCUT2D eigenvalue weighted by Gasteiger charge is 2.42. The van der Waals surface area contributed by atoms with E-state index in [9.17, 15) is 0 Å². The van der Waals surface area contributed by atoms with Crippen LogP contribution in [0.2, 0.25) is 0 Å². The van der Waals surface area contributed by atoms with E-state index in [-0.39, 0.29) is 11.5 Å². The van der Waals surface area contributed by atoms with Crippen LogP contribution in [0.1, 0.15) is 19.7 Å². The normalized spacial score (nSPS) is 32.4. The lowest BCUT2D eigenvalue weighted by Gasteiger charge is -2.25. The highest BCUT2D eigenvalue weighted by Crippen LogP contribution is 2.30. The Balaban J connectivity index is 2.37. The lowest BCUT2D eigenvalue weighted by atomic mass is 9.85. The molecule has 1 fully saturated rings. The van der Waals surface area contributed by atoms with Gasteiger partial charge in [0.2, 0.25) is 0 Å². The summed E-state index contributed by atoms with van der Waals surface area (Å²) < 4.78 is 7.27. The van der Waals surface area contributed by atoms with Crippen molar-refractivity contribution in [1.82, 2.24) is 14.8 Å². The fourth-order valence-electron chi connectivity index (χ4n) is 1.86. The van der Waals surface area contributed by atoms with Crippen LogP contribution in [-0.2, 0) is 16.7 Å². The van der Waals surface area contributed by atoms with Gasteiger partial charge in [-0.25, -0.2) is 9.67 Å². The average molecular weight is 196 g/mol. The first-order valence-electron chi connectivity index (χ1n) is 4.90. The van der Waals surface area contributed by atoms with Gasteiger partial charge in [0.25, 0.3) is 0 Å². The molecule has 0 bridgehead atoms. The zero-order valence-electron chi connectivity index (χ0n) is 8.60. The van der Waals surface area contributed by atoms with E-state index in [4.69, 9.17) is 10.5 Å². The summed E-state index contributed by atoms with van der Waals surface area (Å²) in [5.74, 6) is 0.935. The zero-order chi connectivity index (χ0) is 10.2. The third kappa shape index (κ3) is 1.24. The Kier molecular flexibility index (Phi) is 2.28. The highest BCUT2D eigenvalue weighted by molar-refractivity contribution is 5.13. The third-order valence-electron chi connectivity index (χ3n) is 2.94. The first kappa shape index (κ1) is 9.61. The lowest BCUT2D eigenvalue weighted by molar-refractivity contribution is 0.177. The quantitative estimate of drug-likeness (QED) is 0.718. The SMILES string of the molecule is CCn1ncnc1C1(C)COCC1N. The molecule has 1 aliphatic rings. The van der Waals surface area contributed by atoms with Crippen LogP contribution in [0, 0.1) is 0 Å². The van der Waals surface area contributed by atoms with Crippen LogP contribution in [0.5, 0.6) is 0 Å². The minimum absolute atomic E-state index is 0.0111. The Morgan fingerprint density at radius 3 is 3.14 bits per heavy atom. The van der Waals surface area contributed by atoms with Crippen molar-refractivity contribution < 1.29 is 4.74 Å². The van der Waals surface area contributed by atoms with Gasteiger partial charge < -0.3 is 10.5 Å². The second-order valence-corrected chi connectivity index (χ2v) is 3.94. The van der Waals surface area contributed by atoms with Gasteiger partial charge in [-0.2, -0.15) is 5.10 Å². The fraction of sp³-hybridized carbons (Fsp3) is 0.778. The predicted octanol–water partition coefficient (Wildman–Crippen LogP) is -0.0868. The van der Waals surface area contributed by atoms with Gasteiger partial charge in [-0.05, 0) is 13.8 Å². The summed E-state index contributed by atoms with van der Waals surface area (Å²) in [7, 11) is 0. The Hall–Kier alpha value is -0.940. The average Bonchev–Trinajstić information content (AvgIpc) is 2.75. The lowest BCUT2D eigenvalue weighted by Crippen LogP contribution is -2.44. The molecule has 2 rings (SSSR count). The van der Waals surface area contributed by atoms with E-state index in [1.165, 1.54) is 0 Å². The van der Waals surface area contributed by atoms with Crippen LogP contribution in [0.3, 0.4) is 0 Å². The highest BCUT2D eigenvalue weighted by atomic mass is 16.5. The third-order valence-corrected chi connectivity index (χ3v) is 2.94. The molecule has 5 heteroatoms. The van der Waals surface area contributed by atoms with Gasteiger partial charge in [-0.15, -0.1) is 0 Å². The number of nitrogens with two attached hydrogens (primary N) is 1. The molecule has 1 aromatic rings. The monoisotopic (exact) mass is 196 g/mol. The molecular weight excluding hydrogens is 180 g/mol. The molecule has 1 saturated heterocycles. The molecule has 1 aromatic heterocycles. The van der Waals surface area contributed by atoms with Crippen LogP contribution >= 0.6 is 0 Å². The molecule has 14 heavy (non-hydrogen) atoms. The van der Waals surface area contributed by atoms with E-state index < -0.39 is 0 Å². The molecule has 0 aliphatic carbocycles. The number of rotatable bonds is 2. The molecule has 0 radical (unpaired) electrons. The van der Waals surface area contributed by atoms with Crippen LogP contribution in [0.25, 0.3) is 0 Å². The van der Waals surface area contributed by atoms with Crippen molar-refractivity contribution in [2.75, 3.05) is 13.2 Å². The van der Waals surface area contributed by atoms with E-state index in [0.29, 0.717) is 13.2 Å². The summed E-state index contributed by atoms with van der Waals surface area (Å²) >= 11 is 0. The van der Waals surface area contributed by atoms with Crippen molar-refractivity contribution in [3.63, 3.8) is 0 Å². The number of nitrogens with zero attached hydrogens (tertiary/aromatic N) is 3. The molecule has 2 N–H and O–H groups in total. The van der Waals surface area contributed by atoms with Crippen LogP contribution in [0.4, 0.5) is 0 Å². The van der Waals surface area contributed by atoms with Crippen molar-refractivity contribution in [3.8, 4) is 0 Å². The Morgan fingerprint density at radius 2 is 2.57 bits per heavy atom. The maximum atomic E-state index is 6.02. The van der Waals surface area contributed by atoms with Gasteiger partial charge >= 0.3 is 0 Å². The number of aryl methyl sites for hydroxylation is 1. The summed E-state index contributed by atoms with van der Waals surface area (Å²) in [6, 6.07) is 0.0111. The molecular formula is C9H16N4O. The zero-order valence-corrected chi connectivity index (χ0v) is 8.60. The summed E-state index contributed by atoms with van der Waals surface area (Å²) in [6.07, 6.45) is 1.58. The van der Waals surface area contributed by atoms with Gasteiger partial charge in [0.05, 0.1) is 18.6 Å². The van der Waals surface area contributed by atoms with Crippen molar-refractivity contribution in [3.05, 3.63) is 12.2 Å². The first-order valence-corrected chi connectivity index (χ1v) is 4.90. The number of hydrogen-bond acceptors (Lipinski definition) is 4. The van der Waals surface area contributed by atoms with Crippen molar-refractivity contribution >= 4 is 0 Å². The summed E-state index contributed by atoms with van der Waals surface area (Å²) in [5.41, 5.74) is 5.83. The second-order valence-electron chi connectivity index (χ2n) is 3.94. The molecule has 1 aliphatic heterocycles.